The maximum absolute atomic E-state index is 5.57. The first-order valence-electron chi connectivity index (χ1n) is 9.55. The first-order chi connectivity index (χ1) is 14.6. The Balaban J connectivity index is 1.86. The van der Waals surface area contributed by atoms with Crippen LogP contribution in [0.15, 0.2) is 60.8 Å². The zero-order valence-electron chi connectivity index (χ0n) is 17.0. The summed E-state index contributed by atoms with van der Waals surface area (Å²) >= 11 is 1.49. The van der Waals surface area contributed by atoms with Crippen molar-refractivity contribution in [2.45, 2.75) is 6.92 Å². The van der Waals surface area contributed by atoms with Crippen LogP contribution >= 0.6 is 0 Å². The summed E-state index contributed by atoms with van der Waals surface area (Å²) in [7, 11) is 3.30. The summed E-state index contributed by atoms with van der Waals surface area (Å²) in [6, 6.07) is 18.5. The number of para-hydroxylation sites is 1. The van der Waals surface area contributed by atoms with Crippen molar-refractivity contribution in [1.82, 2.24) is 19.2 Å². The third kappa shape index (κ3) is 2.87. The van der Waals surface area contributed by atoms with Crippen LogP contribution in [0.5, 0.6) is 11.5 Å². The second-order valence-electron chi connectivity index (χ2n) is 7.09. The number of aromatic nitrogens is 4. The van der Waals surface area contributed by atoms with Crippen molar-refractivity contribution in [3.05, 3.63) is 66.4 Å². The standard InChI is InChI=1S/C23H21AsN4O2/c1-14-5-4-6-15-11-17(18-13-25-22-10-9-21(24)26-28(18)22)27(23(14)15)16-7-8-19(29-2)20(12-16)30-3/h4-13H,24H2,1-3H3. The molecule has 2 aromatic carbocycles. The minimum absolute atomic E-state index is 0.686. The summed E-state index contributed by atoms with van der Waals surface area (Å²) in [6.07, 6.45) is 1.88. The number of hydrogen-bond donors (Lipinski definition) is 0. The zero-order chi connectivity index (χ0) is 20.8. The van der Waals surface area contributed by atoms with E-state index in [-0.39, 0.29) is 0 Å². The third-order valence-corrected chi connectivity index (χ3v) is 5.94. The number of fused-ring (bicyclic) bond motifs is 2. The summed E-state index contributed by atoms with van der Waals surface area (Å²) < 4.78 is 16.2. The van der Waals surface area contributed by atoms with Gasteiger partial charge in [0.1, 0.15) is 0 Å². The van der Waals surface area contributed by atoms with Crippen molar-refractivity contribution in [2.75, 3.05) is 14.2 Å². The van der Waals surface area contributed by atoms with Gasteiger partial charge in [-0.1, -0.05) is 0 Å². The van der Waals surface area contributed by atoms with Crippen LogP contribution in [0.2, 0.25) is 0 Å². The SMILES string of the molecule is COc1ccc(-n2c(-c3cnc4ccc([AsH2])nn34)cc3cccc(C)c32)cc1OC. The zero-order valence-corrected chi connectivity index (χ0v) is 19.4. The normalized spacial score (nSPS) is 11.3. The second-order valence-corrected chi connectivity index (χ2v) is 8.33. The average Bonchev–Trinajstić information content (AvgIpc) is 3.34. The molecule has 0 bridgehead atoms. The summed E-state index contributed by atoms with van der Waals surface area (Å²) in [5, 5.41) is 5.88. The van der Waals surface area contributed by atoms with Gasteiger partial charge in [0.15, 0.2) is 0 Å². The number of aryl methyl sites for hydroxylation is 1. The van der Waals surface area contributed by atoms with E-state index in [0.29, 0.717) is 11.5 Å². The molecule has 0 saturated carbocycles. The fraction of sp³-hybridized carbons (Fsp3) is 0.130. The predicted molar refractivity (Wildman–Crippen MR) is 121 cm³/mol. The molecule has 0 aliphatic carbocycles. The van der Waals surface area contributed by atoms with E-state index in [0.717, 1.165) is 38.1 Å². The Bertz CT molecular complexity index is 1400. The molecule has 0 saturated heterocycles. The Kier molecular flexibility index (Phi) is 4.52. The summed E-state index contributed by atoms with van der Waals surface area (Å²) in [5.74, 6) is 1.39. The molecule has 5 aromatic rings. The molecular formula is C23H21AsN4O2. The fourth-order valence-electron chi connectivity index (χ4n) is 3.92. The van der Waals surface area contributed by atoms with Gasteiger partial charge in [-0.2, -0.15) is 0 Å². The molecule has 6 nitrogen and oxygen atoms in total. The number of ether oxygens (including phenoxy) is 2. The van der Waals surface area contributed by atoms with Crippen LogP contribution in [0.1, 0.15) is 5.56 Å². The number of benzene rings is 2. The van der Waals surface area contributed by atoms with Crippen LogP contribution in [0.25, 0.3) is 33.6 Å². The summed E-state index contributed by atoms with van der Waals surface area (Å²) in [5.41, 5.74) is 6.10. The topological polar surface area (TPSA) is 53.6 Å². The van der Waals surface area contributed by atoms with Gasteiger partial charge in [-0.25, -0.2) is 0 Å². The Morgan fingerprint density at radius 1 is 0.900 bits per heavy atom. The molecule has 30 heavy (non-hydrogen) atoms. The van der Waals surface area contributed by atoms with Gasteiger partial charge < -0.3 is 0 Å². The molecule has 0 fully saturated rings. The molecule has 5 rings (SSSR count). The molecular weight excluding hydrogens is 439 g/mol. The monoisotopic (exact) mass is 460 g/mol. The van der Waals surface area contributed by atoms with Crippen molar-refractivity contribution in [1.29, 1.82) is 0 Å². The second kappa shape index (κ2) is 7.22. The van der Waals surface area contributed by atoms with Crippen molar-refractivity contribution in [3.63, 3.8) is 0 Å². The third-order valence-electron chi connectivity index (χ3n) is 5.30. The van der Waals surface area contributed by atoms with Crippen molar-refractivity contribution in [2.24, 2.45) is 0 Å². The predicted octanol–water partition coefficient (Wildman–Crippen LogP) is 2.92. The molecule has 3 heterocycles. The molecule has 150 valence electrons. The van der Waals surface area contributed by atoms with E-state index in [1.165, 1.54) is 22.4 Å². The molecule has 3 aromatic heterocycles. The minimum atomic E-state index is 0.686. The molecule has 1 unspecified atom stereocenters. The first-order valence-corrected chi connectivity index (χ1v) is 10.8. The van der Waals surface area contributed by atoms with E-state index in [9.17, 15) is 0 Å². The molecule has 1 atom stereocenters. The molecule has 0 aliphatic rings. The van der Waals surface area contributed by atoms with Crippen LogP contribution < -0.4 is 14.0 Å². The first kappa shape index (κ1) is 18.8. The van der Waals surface area contributed by atoms with Gasteiger partial charge >= 0.3 is 183 Å². The van der Waals surface area contributed by atoms with Crippen LogP contribution in [-0.2, 0) is 0 Å². The van der Waals surface area contributed by atoms with E-state index in [4.69, 9.17) is 14.6 Å². The average molecular weight is 460 g/mol. The van der Waals surface area contributed by atoms with Crippen molar-refractivity contribution < 1.29 is 9.47 Å². The molecule has 0 N–H and O–H groups in total. The number of imidazole rings is 1. The fourth-order valence-corrected chi connectivity index (χ4v) is 4.36. The molecule has 0 aliphatic heterocycles. The van der Waals surface area contributed by atoms with E-state index in [1.54, 1.807) is 14.2 Å². The Hall–Kier alpha value is -3.24. The van der Waals surface area contributed by atoms with Gasteiger partial charge in [-0.15, -0.1) is 0 Å². The summed E-state index contributed by atoms with van der Waals surface area (Å²) in [6.45, 7) is 2.13. The van der Waals surface area contributed by atoms with E-state index < -0.39 is 0 Å². The quantitative estimate of drug-likeness (QED) is 0.387. The maximum atomic E-state index is 5.57. The van der Waals surface area contributed by atoms with Gasteiger partial charge in [0, 0.05) is 0 Å². The van der Waals surface area contributed by atoms with Gasteiger partial charge in [0.25, 0.3) is 0 Å². The van der Waals surface area contributed by atoms with Crippen LogP contribution in [0, 0.1) is 6.92 Å². The number of methoxy groups -OCH3 is 2. The van der Waals surface area contributed by atoms with Crippen molar-refractivity contribution in [3.8, 4) is 28.6 Å². The number of rotatable bonds is 4. The molecule has 0 spiro atoms. The molecule has 0 amide bonds. The van der Waals surface area contributed by atoms with E-state index >= 15 is 0 Å². The van der Waals surface area contributed by atoms with E-state index in [1.807, 2.05) is 41.0 Å². The van der Waals surface area contributed by atoms with Crippen LogP contribution in [0.3, 0.4) is 0 Å². The van der Waals surface area contributed by atoms with E-state index in [2.05, 4.69) is 40.7 Å². The molecule has 7 heteroatoms. The van der Waals surface area contributed by atoms with Crippen LogP contribution in [-0.4, -0.2) is 50.2 Å². The van der Waals surface area contributed by atoms with Gasteiger partial charge in [0.05, 0.1) is 0 Å². The van der Waals surface area contributed by atoms with Gasteiger partial charge in [-0.3, -0.25) is 0 Å². The van der Waals surface area contributed by atoms with Gasteiger partial charge in [0.2, 0.25) is 0 Å². The Morgan fingerprint density at radius 3 is 2.53 bits per heavy atom. The Labute approximate surface area is 182 Å². The van der Waals surface area contributed by atoms with Gasteiger partial charge in [-0.05, 0) is 0 Å². The van der Waals surface area contributed by atoms with Crippen molar-refractivity contribution >= 4 is 37.9 Å². The Morgan fingerprint density at radius 2 is 1.73 bits per heavy atom. The molecule has 0 radical (unpaired) electrons. The van der Waals surface area contributed by atoms with Crippen LogP contribution in [0.4, 0.5) is 0 Å². The number of nitrogens with zero attached hydrogens (tertiary/aromatic N) is 4. The number of hydrogen-bond acceptors (Lipinski definition) is 4. The summed E-state index contributed by atoms with van der Waals surface area (Å²) in [4.78, 5) is 4.57.